The fourth-order valence-electron chi connectivity index (χ4n) is 1.89. The van der Waals surface area contributed by atoms with Crippen LogP contribution in [0.5, 0.6) is 0 Å². The number of rotatable bonds is 7. The predicted molar refractivity (Wildman–Crippen MR) is 81.3 cm³/mol. The van der Waals surface area contributed by atoms with Gasteiger partial charge in [0, 0.05) is 11.1 Å². The quantitative estimate of drug-likeness (QED) is 0.581. The Balaban J connectivity index is 1.87. The molecular formula is C16H16FNO3S. The van der Waals surface area contributed by atoms with E-state index in [1.165, 1.54) is 23.5 Å². The van der Waals surface area contributed by atoms with Crippen molar-refractivity contribution in [3.05, 3.63) is 51.7 Å². The molecule has 0 aliphatic carbocycles. The van der Waals surface area contributed by atoms with Crippen molar-refractivity contribution in [3.63, 3.8) is 0 Å². The van der Waals surface area contributed by atoms with Crippen LogP contribution in [0.1, 0.15) is 22.4 Å². The average Bonchev–Trinajstić information content (AvgIpc) is 2.94. The van der Waals surface area contributed by atoms with Gasteiger partial charge in [-0.3, -0.25) is 4.79 Å². The van der Waals surface area contributed by atoms with Gasteiger partial charge in [-0.1, -0.05) is 12.1 Å². The zero-order chi connectivity index (χ0) is 15.9. The molecule has 6 heteroatoms. The zero-order valence-electron chi connectivity index (χ0n) is 12.2. The van der Waals surface area contributed by atoms with Gasteiger partial charge in [0.1, 0.15) is 10.8 Å². The standard InChI is InChI=1S/C16H16FNO3S/c1-2-21-16(20)14(19)9-15-18-10-13(22-15)8-5-11-3-6-12(17)7-4-11/h3-4,6-7,10H,2,5,8-9H2,1H3. The summed E-state index contributed by atoms with van der Waals surface area (Å²) in [6.45, 7) is 1.84. The van der Waals surface area contributed by atoms with Gasteiger partial charge in [0.05, 0.1) is 13.0 Å². The van der Waals surface area contributed by atoms with Gasteiger partial charge in [0.15, 0.2) is 0 Å². The predicted octanol–water partition coefficient (Wildman–Crippen LogP) is 2.74. The molecule has 0 saturated heterocycles. The number of ketones is 1. The van der Waals surface area contributed by atoms with Crippen LogP contribution in [0.4, 0.5) is 4.39 Å². The van der Waals surface area contributed by atoms with Crippen LogP contribution in [0.15, 0.2) is 30.5 Å². The number of hydrogen-bond donors (Lipinski definition) is 0. The average molecular weight is 321 g/mol. The third kappa shape index (κ3) is 4.73. The lowest BCUT2D eigenvalue weighted by atomic mass is 10.1. The van der Waals surface area contributed by atoms with E-state index in [-0.39, 0.29) is 18.8 Å². The van der Waals surface area contributed by atoms with Gasteiger partial charge in [0.2, 0.25) is 5.78 Å². The fourth-order valence-corrected chi connectivity index (χ4v) is 2.81. The van der Waals surface area contributed by atoms with Crippen LogP contribution >= 0.6 is 11.3 Å². The maximum absolute atomic E-state index is 12.8. The summed E-state index contributed by atoms with van der Waals surface area (Å²) >= 11 is 1.41. The van der Waals surface area contributed by atoms with Gasteiger partial charge in [-0.2, -0.15) is 0 Å². The third-order valence-electron chi connectivity index (χ3n) is 2.99. The Morgan fingerprint density at radius 3 is 2.64 bits per heavy atom. The topological polar surface area (TPSA) is 56.3 Å². The SMILES string of the molecule is CCOC(=O)C(=O)Cc1ncc(CCc2ccc(F)cc2)s1. The summed E-state index contributed by atoms with van der Waals surface area (Å²) in [4.78, 5) is 28.0. The highest BCUT2D eigenvalue weighted by Crippen LogP contribution is 2.17. The molecular weight excluding hydrogens is 305 g/mol. The van der Waals surface area contributed by atoms with Gasteiger partial charge in [0.25, 0.3) is 0 Å². The van der Waals surface area contributed by atoms with E-state index in [1.807, 2.05) is 0 Å². The van der Waals surface area contributed by atoms with Gasteiger partial charge in [-0.05, 0) is 37.5 Å². The van der Waals surface area contributed by atoms with Crippen molar-refractivity contribution < 1.29 is 18.7 Å². The number of carbonyl (C=O) groups is 2. The second kappa shape index (κ2) is 7.79. The normalized spacial score (nSPS) is 10.5. The van der Waals surface area contributed by atoms with Crippen molar-refractivity contribution in [2.75, 3.05) is 6.61 Å². The second-order valence-electron chi connectivity index (χ2n) is 4.67. The molecule has 0 unspecified atom stereocenters. The van der Waals surface area contributed by atoms with Gasteiger partial charge in [-0.25, -0.2) is 14.2 Å². The van der Waals surface area contributed by atoms with Gasteiger partial charge >= 0.3 is 5.97 Å². The summed E-state index contributed by atoms with van der Waals surface area (Å²) in [7, 11) is 0. The second-order valence-corrected chi connectivity index (χ2v) is 5.87. The Labute approximate surface area is 132 Å². The molecule has 0 aliphatic heterocycles. The highest BCUT2D eigenvalue weighted by Gasteiger charge is 2.17. The number of Topliss-reactive ketones (excluding diaryl/α,β-unsaturated/α-hetero) is 1. The van der Waals surface area contributed by atoms with Crippen molar-refractivity contribution in [1.82, 2.24) is 4.98 Å². The summed E-state index contributed by atoms with van der Waals surface area (Å²) in [5.41, 5.74) is 1.04. The monoisotopic (exact) mass is 321 g/mol. The molecule has 0 bridgehead atoms. The highest BCUT2D eigenvalue weighted by atomic mass is 32.1. The van der Waals surface area contributed by atoms with Crippen LogP contribution in [0.25, 0.3) is 0 Å². The highest BCUT2D eigenvalue weighted by molar-refractivity contribution is 7.11. The fraction of sp³-hybridized carbons (Fsp3) is 0.312. The number of aryl methyl sites for hydroxylation is 2. The Hall–Kier alpha value is -2.08. The summed E-state index contributed by atoms with van der Waals surface area (Å²) in [5.74, 6) is -1.65. The van der Waals surface area contributed by atoms with Crippen LogP contribution in [0.2, 0.25) is 0 Å². The number of benzene rings is 1. The molecule has 0 atom stereocenters. The van der Waals surface area contributed by atoms with E-state index in [4.69, 9.17) is 0 Å². The number of halogens is 1. The smallest absolute Gasteiger partial charge is 0.375 e. The lowest BCUT2D eigenvalue weighted by Gasteiger charge is -1.99. The molecule has 0 saturated carbocycles. The summed E-state index contributed by atoms with van der Waals surface area (Å²) in [6, 6.07) is 6.38. The van der Waals surface area contributed by atoms with Crippen LogP contribution in [0.3, 0.4) is 0 Å². The first-order valence-electron chi connectivity index (χ1n) is 6.96. The number of nitrogens with zero attached hydrogens (tertiary/aromatic N) is 1. The zero-order valence-corrected chi connectivity index (χ0v) is 13.0. The minimum Gasteiger partial charge on any atom is -0.460 e. The summed E-state index contributed by atoms with van der Waals surface area (Å²) in [6.07, 6.45) is 3.21. The maximum Gasteiger partial charge on any atom is 0.375 e. The number of hydrogen-bond acceptors (Lipinski definition) is 5. The molecule has 2 rings (SSSR count). The van der Waals surface area contributed by atoms with Crippen LogP contribution < -0.4 is 0 Å². The lowest BCUT2D eigenvalue weighted by Crippen LogP contribution is -2.19. The molecule has 1 aromatic carbocycles. The van der Waals surface area contributed by atoms with Crippen molar-refractivity contribution >= 4 is 23.1 Å². The summed E-state index contributed by atoms with van der Waals surface area (Å²) in [5, 5.41) is 0.604. The molecule has 0 amide bonds. The first-order chi connectivity index (χ1) is 10.6. The molecule has 0 aliphatic rings. The number of thiazole rings is 1. The molecule has 0 spiro atoms. The Morgan fingerprint density at radius 1 is 1.23 bits per heavy atom. The molecule has 0 N–H and O–H groups in total. The molecule has 0 radical (unpaired) electrons. The third-order valence-corrected chi connectivity index (χ3v) is 4.05. The Morgan fingerprint density at radius 2 is 1.95 bits per heavy atom. The number of carbonyl (C=O) groups excluding carboxylic acids is 2. The van der Waals surface area contributed by atoms with Crippen molar-refractivity contribution in [3.8, 4) is 0 Å². The van der Waals surface area contributed by atoms with Crippen LogP contribution in [-0.4, -0.2) is 23.3 Å². The minimum atomic E-state index is -0.814. The molecule has 1 heterocycles. The molecule has 4 nitrogen and oxygen atoms in total. The molecule has 22 heavy (non-hydrogen) atoms. The maximum atomic E-state index is 12.8. The van der Waals surface area contributed by atoms with E-state index in [0.717, 1.165) is 23.3 Å². The van der Waals surface area contributed by atoms with E-state index in [0.29, 0.717) is 5.01 Å². The minimum absolute atomic E-state index is 0.0277. The van der Waals surface area contributed by atoms with E-state index in [2.05, 4.69) is 9.72 Å². The van der Waals surface area contributed by atoms with E-state index in [1.54, 1.807) is 25.3 Å². The van der Waals surface area contributed by atoms with Crippen LogP contribution in [0, 0.1) is 5.82 Å². The first kappa shape index (κ1) is 16.3. The Bertz CT molecular complexity index is 652. The number of esters is 1. The van der Waals surface area contributed by atoms with E-state index < -0.39 is 11.8 Å². The van der Waals surface area contributed by atoms with Crippen molar-refractivity contribution in [2.45, 2.75) is 26.2 Å². The van der Waals surface area contributed by atoms with E-state index >= 15 is 0 Å². The van der Waals surface area contributed by atoms with Crippen LogP contribution in [-0.2, 0) is 33.6 Å². The number of ether oxygens (including phenoxy) is 1. The van der Waals surface area contributed by atoms with Gasteiger partial charge in [-0.15, -0.1) is 11.3 Å². The first-order valence-corrected chi connectivity index (χ1v) is 7.78. The molecule has 0 fully saturated rings. The van der Waals surface area contributed by atoms with E-state index in [9.17, 15) is 14.0 Å². The Kier molecular flexibility index (Phi) is 5.77. The lowest BCUT2D eigenvalue weighted by molar-refractivity contribution is -0.153. The van der Waals surface area contributed by atoms with Gasteiger partial charge < -0.3 is 4.74 Å². The number of aromatic nitrogens is 1. The van der Waals surface area contributed by atoms with Crippen molar-refractivity contribution in [2.24, 2.45) is 0 Å². The molecule has 116 valence electrons. The molecule has 1 aromatic heterocycles. The summed E-state index contributed by atoms with van der Waals surface area (Å²) < 4.78 is 17.5. The van der Waals surface area contributed by atoms with Crippen molar-refractivity contribution in [1.29, 1.82) is 0 Å². The largest absolute Gasteiger partial charge is 0.460 e. The molecule has 2 aromatic rings.